The van der Waals surface area contributed by atoms with Gasteiger partial charge in [0.2, 0.25) is 0 Å². The summed E-state index contributed by atoms with van der Waals surface area (Å²) in [7, 11) is 0. The molecular weight excluding hydrogens is 372 g/mol. The van der Waals surface area contributed by atoms with E-state index in [-0.39, 0.29) is 12.0 Å². The SMILES string of the molecule is CCCC1=C(C(=O)OCC)C(c2cc(Br)cs2)NC(=S)N1. The highest BCUT2D eigenvalue weighted by Gasteiger charge is 2.32. The summed E-state index contributed by atoms with van der Waals surface area (Å²) < 4.78 is 6.22. The first-order chi connectivity index (χ1) is 10.1. The Balaban J connectivity index is 2.45. The predicted octanol–water partition coefficient (Wildman–Crippen LogP) is 3.65. The molecule has 1 aromatic heterocycles. The Morgan fingerprint density at radius 1 is 1.52 bits per heavy atom. The van der Waals surface area contributed by atoms with E-state index < -0.39 is 0 Å². The van der Waals surface area contributed by atoms with Gasteiger partial charge < -0.3 is 15.4 Å². The molecule has 0 spiro atoms. The number of thiocarbonyl (C=S) groups is 1. The van der Waals surface area contributed by atoms with Crippen LogP contribution in [-0.2, 0) is 9.53 Å². The highest BCUT2D eigenvalue weighted by molar-refractivity contribution is 9.10. The molecule has 1 aliphatic heterocycles. The van der Waals surface area contributed by atoms with Gasteiger partial charge in [-0.15, -0.1) is 11.3 Å². The van der Waals surface area contributed by atoms with E-state index in [1.165, 1.54) is 0 Å². The summed E-state index contributed by atoms with van der Waals surface area (Å²) in [5.74, 6) is -0.294. The maximum absolute atomic E-state index is 12.4. The quantitative estimate of drug-likeness (QED) is 0.595. The first kappa shape index (κ1) is 16.5. The van der Waals surface area contributed by atoms with Crippen LogP contribution in [0.25, 0.3) is 0 Å². The number of nitrogens with one attached hydrogen (secondary N) is 2. The number of hydrogen-bond donors (Lipinski definition) is 2. The third kappa shape index (κ3) is 3.84. The number of halogens is 1. The van der Waals surface area contributed by atoms with E-state index in [4.69, 9.17) is 17.0 Å². The lowest BCUT2D eigenvalue weighted by Crippen LogP contribution is -2.45. The van der Waals surface area contributed by atoms with Gasteiger partial charge in [-0.3, -0.25) is 0 Å². The molecule has 0 bridgehead atoms. The zero-order chi connectivity index (χ0) is 15.4. The van der Waals surface area contributed by atoms with Gasteiger partial charge in [-0.2, -0.15) is 0 Å². The molecule has 1 unspecified atom stereocenters. The van der Waals surface area contributed by atoms with Crippen LogP contribution >= 0.6 is 39.5 Å². The molecule has 7 heteroatoms. The molecule has 0 aliphatic carbocycles. The first-order valence-electron chi connectivity index (χ1n) is 6.78. The molecule has 0 saturated heterocycles. The number of ether oxygens (including phenoxy) is 1. The lowest BCUT2D eigenvalue weighted by molar-refractivity contribution is -0.139. The smallest absolute Gasteiger partial charge is 0.338 e. The first-order valence-corrected chi connectivity index (χ1v) is 8.86. The number of esters is 1. The number of carbonyl (C=O) groups is 1. The summed E-state index contributed by atoms with van der Waals surface area (Å²) in [4.78, 5) is 13.4. The Morgan fingerprint density at radius 3 is 2.86 bits per heavy atom. The Morgan fingerprint density at radius 2 is 2.29 bits per heavy atom. The second kappa shape index (κ2) is 7.38. The molecule has 0 fully saturated rings. The summed E-state index contributed by atoms with van der Waals surface area (Å²) in [5, 5.41) is 8.81. The minimum Gasteiger partial charge on any atom is -0.463 e. The average Bonchev–Trinajstić information content (AvgIpc) is 2.85. The van der Waals surface area contributed by atoms with Crippen molar-refractivity contribution < 1.29 is 9.53 Å². The normalized spacial score (nSPS) is 18.2. The molecule has 0 aromatic carbocycles. The van der Waals surface area contributed by atoms with E-state index in [2.05, 4.69) is 33.5 Å². The van der Waals surface area contributed by atoms with Crippen molar-refractivity contribution in [2.24, 2.45) is 0 Å². The molecule has 4 nitrogen and oxygen atoms in total. The Labute approximate surface area is 142 Å². The van der Waals surface area contributed by atoms with Crippen LogP contribution in [0.1, 0.15) is 37.6 Å². The molecule has 0 saturated carbocycles. The molecule has 2 heterocycles. The molecule has 1 aromatic rings. The summed E-state index contributed by atoms with van der Waals surface area (Å²) in [6, 6.07) is 1.75. The van der Waals surface area contributed by atoms with Gasteiger partial charge in [-0.05, 0) is 47.6 Å². The monoisotopic (exact) mass is 388 g/mol. The van der Waals surface area contributed by atoms with E-state index in [1.54, 1.807) is 11.3 Å². The van der Waals surface area contributed by atoms with Crippen LogP contribution in [0.15, 0.2) is 27.2 Å². The highest BCUT2D eigenvalue weighted by atomic mass is 79.9. The van der Waals surface area contributed by atoms with Crippen LogP contribution in [0.2, 0.25) is 0 Å². The third-order valence-electron chi connectivity index (χ3n) is 3.02. The van der Waals surface area contributed by atoms with Gasteiger partial charge in [-0.1, -0.05) is 13.3 Å². The van der Waals surface area contributed by atoms with Crippen LogP contribution in [0.3, 0.4) is 0 Å². The van der Waals surface area contributed by atoms with Crippen molar-refractivity contribution in [1.82, 2.24) is 10.6 Å². The van der Waals surface area contributed by atoms with E-state index in [9.17, 15) is 4.79 Å². The lowest BCUT2D eigenvalue weighted by atomic mass is 9.99. The molecule has 114 valence electrons. The largest absolute Gasteiger partial charge is 0.463 e. The van der Waals surface area contributed by atoms with E-state index in [1.807, 2.05) is 18.4 Å². The maximum Gasteiger partial charge on any atom is 0.338 e. The van der Waals surface area contributed by atoms with E-state index in [0.29, 0.717) is 17.3 Å². The standard InChI is InChI=1S/C14H17BrN2O2S2/c1-3-5-9-11(13(18)19-4-2)12(17-14(20)16-9)10-6-8(15)7-21-10/h6-7,12H,3-5H2,1-2H3,(H2,16,17,20). The van der Waals surface area contributed by atoms with Crippen LogP contribution in [-0.4, -0.2) is 17.7 Å². The van der Waals surface area contributed by atoms with Gasteiger partial charge in [0.15, 0.2) is 5.11 Å². The van der Waals surface area contributed by atoms with Gasteiger partial charge in [0.1, 0.15) is 0 Å². The van der Waals surface area contributed by atoms with Crippen molar-refractivity contribution in [3.8, 4) is 0 Å². The van der Waals surface area contributed by atoms with Crippen LogP contribution in [0.4, 0.5) is 0 Å². The fourth-order valence-electron chi connectivity index (χ4n) is 2.21. The van der Waals surface area contributed by atoms with Crippen molar-refractivity contribution in [1.29, 1.82) is 0 Å². The van der Waals surface area contributed by atoms with Crippen molar-refractivity contribution >= 4 is 50.6 Å². The number of thiophene rings is 1. The lowest BCUT2D eigenvalue weighted by Gasteiger charge is -2.30. The second-order valence-corrected chi connectivity index (χ2v) is 6.83. The third-order valence-corrected chi connectivity index (χ3v) is 5.00. The molecule has 21 heavy (non-hydrogen) atoms. The van der Waals surface area contributed by atoms with Gasteiger partial charge >= 0.3 is 5.97 Å². The summed E-state index contributed by atoms with van der Waals surface area (Å²) >= 11 is 10.3. The number of allylic oxidation sites excluding steroid dienone is 1. The fraction of sp³-hybridized carbons (Fsp3) is 0.429. The minimum atomic E-state index is -0.294. The zero-order valence-corrected chi connectivity index (χ0v) is 15.1. The average molecular weight is 389 g/mol. The number of hydrogen-bond acceptors (Lipinski definition) is 4. The highest BCUT2D eigenvalue weighted by Crippen LogP contribution is 2.34. The van der Waals surface area contributed by atoms with E-state index in [0.717, 1.165) is 27.9 Å². The van der Waals surface area contributed by atoms with Gasteiger partial charge in [0, 0.05) is 20.4 Å². The molecule has 1 aliphatic rings. The summed E-state index contributed by atoms with van der Waals surface area (Å²) in [6.45, 7) is 4.23. The summed E-state index contributed by atoms with van der Waals surface area (Å²) in [5.41, 5.74) is 1.48. The molecule has 2 N–H and O–H groups in total. The Kier molecular flexibility index (Phi) is 5.78. The molecular formula is C14H17BrN2O2S2. The van der Waals surface area contributed by atoms with E-state index >= 15 is 0 Å². The van der Waals surface area contributed by atoms with Crippen LogP contribution in [0, 0.1) is 0 Å². The zero-order valence-electron chi connectivity index (χ0n) is 11.9. The topological polar surface area (TPSA) is 50.4 Å². The Hall–Kier alpha value is -0.920. The Bertz CT molecular complexity index is 583. The summed E-state index contributed by atoms with van der Waals surface area (Å²) in [6.07, 6.45) is 1.69. The number of rotatable bonds is 5. The minimum absolute atomic E-state index is 0.254. The van der Waals surface area contributed by atoms with Gasteiger partial charge in [0.05, 0.1) is 18.2 Å². The van der Waals surface area contributed by atoms with Crippen molar-refractivity contribution in [3.05, 3.63) is 32.1 Å². The molecule has 2 rings (SSSR count). The maximum atomic E-state index is 12.4. The van der Waals surface area contributed by atoms with Crippen LogP contribution in [0.5, 0.6) is 0 Å². The second-order valence-electron chi connectivity index (χ2n) is 4.56. The van der Waals surface area contributed by atoms with Gasteiger partial charge in [-0.25, -0.2) is 4.79 Å². The van der Waals surface area contributed by atoms with Crippen molar-refractivity contribution in [2.45, 2.75) is 32.7 Å². The molecule has 1 atom stereocenters. The molecule has 0 radical (unpaired) electrons. The predicted molar refractivity (Wildman–Crippen MR) is 92.2 cm³/mol. The van der Waals surface area contributed by atoms with Crippen molar-refractivity contribution in [2.75, 3.05) is 6.61 Å². The number of carbonyl (C=O) groups excluding carboxylic acids is 1. The molecule has 0 amide bonds. The van der Waals surface area contributed by atoms with Crippen LogP contribution < -0.4 is 10.6 Å². The van der Waals surface area contributed by atoms with Crippen molar-refractivity contribution in [3.63, 3.8) is 0 Å². The van der Waals surface area contributed by atoms with Gasteiger partial charge in [0.25, 0.3) is 0 Å². The fourth-order valence-corrected chi connectivity index (χ4v) is 3.95.